The molecule has 2 rings (SSSR count). The molecule has 116 valence electrons. The predicted octanol–water partition coefficient (Wildman–Crippen LogP) is 2.37. The molecule has 0 aliphatic heterocycles. The van der Waals surface area contributed by atoms with Crippen molar-refractivity contribution in [3.63, 3.8) is 0 Å². The smallest absolute Gasteiger partial charge is 0.246 e. The summed E-state index contributed by atoms with van der Waals surface area (Å²) in [7, 11) is 1.50. The number of anilines is 2. The third-order valence-electron chi connectivity index (χ3n) is 3.07. The highest BCUT2D eigenvalue weighted by Gasteiger charge is 2.15. The van der Waals surface area contributed by atoms with Crippen molar-refractivity contribution in [1.82, 2.24) is 9.97 Å². The third kappa shape index (κ3) is 3.91. The SMILES string of the molecule is COc1cc(N[C@@H](C)C(=O)Nc2cc(F)ccc2C)ncn1. The van der Waals surface area contributed by atoms with E-state index in [2.05, 4.69) is 20.6 Å². The van der Waals surface area contributed by atoms with Crippen molar-refractivity contribution >= 4 is 17.4 Å². The third-order valence-corrected chi connectivity index (χ3v) is 3.07. The van der Waals surface area contributed by atoms with E-state index in [-0.39, 0.29) is 5.91 Å². The number of amides is 1. The monoisotopic (exact) mass is 304 g/mol. The second kappa shape index (κ2) is 6.84. The minimum absolute atomic E-state index is 0.300. The Morgan fingerprint density at radius 2 is 2.09 bits per heavy atom. The fourth-order valence-electron chi connectivity index (χ4n) is 1.79. The van der Waals surface area contributed by atoms with E-state index in [9.17, 15) is 9.18 Å². The highest BCUT2D eigenvalue weighted by atomic mass is 19.1. The Bertz CT molecular complexity index is 678. The normalized spacial score (nSPS) is 11.6. The first-order valence-corrected chi connectivity index (χ1v) is 6.69. The zero-order chi connectivity index (χ0) is 16.1. The number of carbonyl (C=O) groups is 1. The Morgan fingerprint density at radius 3 is 2.82 bits per heavy atom. The van der Waals surface area contributed by atoms with Gasteiger partial charge in [-0.25, -0.2) is 14.4 Å². The molecule has 1 amide bonds. The average Bonchev–Trinajstić information content (AvgIpc) is 2.51. The highest BCUT2D eigenvalue weighted by molar-refractivity contribution is 5.96. The van der Waals surface area contributed by atoms with Gasteiger partial charge >= 0.3 is 0 Å². The van der Waals surface area contributed by atoms with Gasteiger partial charge in [-0.3, -0.25) is 4.79 Å². The van der Waals surface area contributed by atoms with Crippen LogP contribution in [0.15, 0.2) is 30.6 Å². The van der Waals surface area contributed by atoms with Crippen LogP contribution >= 0.6 is 0 Å². The summed E-state index contributed by atoms with van der Waals surface area (Å²) in [6.45, 7) is 3.47. The zero-order valence-corrected chi connectivity index (χ0v) is 12.6. The number of aromatic nitrogens is 2. The quantitative estimate of drug-likeness (QED) is 0.887. The average molecular weight is 304 g/mol. The molecule has 7 heteroatoms. The molecule has 0 unspecified atom stereocenters. The van der Waals surface area contributed by atoms with Gasteiger partial charge in [0.25, 0.3) is 0 Å². The van der Waals surface area contributed by atoms with Crippen LogP contribution in [0.2, 0.25) is 0 Å². The van der Waals surface area contributed by atoms with E-state index >= 15 is 0 Å². The number of aryl methyl sites for hydroxylation is 1. The van der Waals surface area contributed by atoms with Gasteiger partial charge in [0, 0.05) is 11.8 Å². The van der Waals surface area contributed by atoms with E-state index in [0.29, 0.717) is 17.4 Å². The van der Waals surface area contributed by atoms with Crippen molar-refractivity contribution in [3.8, 4) is 5.88 Å². The lowest BCUT2D eigenvalue weighted by molar-refractivity contribution is -0.116. The van der Waals surface area contributed by atoms with Gasteiger partial charge < -0.3 is 15.4 Å². The molecule has 1 heterocycles. The fraction of sp³-hybridized carbons (Fsp3) is 0.267. The lowest BCUT2D eigenvalue weighted by atomic mass is 10.2. The van der Waals surface area contributed by atoms with E-state index in [1.807, 2.05) is 0 Å². The molecule has 0 spiro atoms. The Kier molecular flexibility index (Phi) is 4.88. The van der Waals surface area contributed by atoms with Gasteiger partial charge in [-0.05, 0) is 31.5 Å². The number of hydrogen-bond acceptors (Lipinski definition) is 5. The molecule has 0 radical (unpaired) electrons. The van der Waals surface area contributed by atoms with Crippen LogP contribution < -0.4 is 15.4 Å². The first-order valence-electron chi connectivity index (χ1n) is 6.69. The maximum atomic E-state index is 13.2. The Morgan fingerprint density at radius 1 is 1.32 bits per heavy atom. The lowest BCUT2D eigenvalue weighted by Crippen LogP contribution is -2.32. The molecule has 1 atom stereocenters. The molecule has 0 aliphatic rings. The maximum absolute atomic E-state index is 13.2. The number of ether oxygens (including phenoxy) is 1. The number of rotatable bonds is 5. The molecular formula is C15H17FN4O2. The number of carbonyl (C=O) groups excluding carboxylic acids is 1. The van der Waals surface area contributed by atoms with E-state index in [1.54, 1.807) is 26.0 Å². The predicted molar refractivity (Wildman–Crippen MR) is 81.4 cm³/mol. The highest BCUT2D eigenvalue weighted by Crippen LogP contribution is 2.17. The van der Waals surface area contributed by atoms with Gasteiger partial charge in [-0.15, -0.1) is 0 Å². The Labute approximate surface area is 127 Å². The van der Waals surface area contributed by atoms with Gasteiger partial charge in [-0.1, -0.05) is 6.07 Å². The van der Waals surface area contributed by atoms with Crippen LogP contribution in [-0.4, -0.2) is 29.0 Å². The summed E-state index contributed by atoms with van der Waals surface area (Å²) in [6.07, 6.45) is 1.34. The van der Waals surface area contributed by atoms with Crippen LogP contribution in [0.25, 0.3) is 0 Å². The van der Waals surface area contributed by atoms with Gasteiger partial charge in [-0.2, -0.15) is 0 Å². The molecule has 22 heavy (non-hydrogen) atoms. The molecular weight excluding hydrogens is 287 g/mol. The van der Waals surface area contributed by atoms with E-state index in [0.717, 1.165) is 5.56 Å². The second-order valence-corrected chi connectivity index (χ2v) is 4.76. The Balaban J connectivity index is 2.04. The summed E-state index contributed by atoms with van der Waals surface area (Å²) in [5.41, 5.74) is 1.23. The van der Waals surface area contributed by atoms with Crippen LogP contribution in [0.1, 0.15) is 12.5 Å². The van der Waals surface area contributed by atoms with Crippen molar-refractivity contribution < 1.29 is 13.9 Å². The standard InChI is InChI=1S/C15H17FN4O2/c1-9-4-5-11(16)6-12(9)20-15(21)10(2)19-13-7-14(22-3)18-8-17-13/h4-8,10H,1-3H3,(H,20,21)(H,17,18,19)/t10-/m0/s1. The Hall–Kier alpha value is -2.70. The summed E-state index contributed by atoms with van der Waals surface area (Å²) in [4.78, 5) is 20.1. The summed E-state index contributed by atoms with van der Waals surface area (Å²) in [6, 6.07) is 5.26. The van der Waals surface area contributed by atoms with Crippen LogP contribution in [0.3, 0.4) is 0 Å². The minimum atomic E-state index is -0.567. The van der Waals surface area contributed by atoms with E-state index < -0.39 is 11.9 Å². The van der Waals surface area contributed by atoms with Crippen molar-refractivity contribution in [3.05, 3.63) is 42.0 Å². The second-order valence-electron chi connectivity index (χ2n) is 4.76. The van der Waals surface area contributed by atoms with Gasteiger partial charge in [0.2, 0.25) is 11.8 Å². The summed E-state index contributed by atoms with van der Waals surface area (Å²) < 4.78 is 18.2. The fourth-order valence-corrected chi connectivity index (χ4v) is 1.79. The number of hydrogen-bond donors (Lipinski definition) is 2. The molecule has 0 fully saturated rings. The molecule has 6 nitrogen and oxygen atoms in total. The van der Waals surface area contributed by atoms with Crippen molar-refractivity contribution in [2.45, 2.75) is 19.9 Å². The summed E-state index contributed by atoms with van der Waals surface area (Å²) in [5.74, 6) is 0.157. The van der Waals surface area contributed by atoms with Crippen molar-refractivity contribution in [2.75, 3.05) is 17.7 Å². The molecule has 0 saturated carbocycles. The number of nitrogens with zero attached hydrogens (tertiary/aromatic N) is 2. The van der Waals surface area contributed by atoms with Gasteiger partial charge in [0.15, 0.2) is 0 Å². The topological polar surface area (TPSA) is 76.1 Å². The first kappa shape index (κ1) is 15.7. The van der Waals surface area contributed by atoms with E-state index in [1.165, 1.54) is 25.6 Å². The number of methoxy groups -OCH3 is 1. The largest absolute Gasteiger partial charge is 0.481 e. The lowest BCUT2D eigenvalue weighted by Gasteiger charge is -2.16. The van der Waals surface area contributed by atoms with Gasteiger partial charge in [0.05, 0.1) is 7.11 Å². The molecule has 2 aromatic rings. The number of halogens is 1. The van der Waals surface area contributed by atoms with Crippen LogP contribution in [-0.2, 0) is 4.79 Å². The minimum Gasteiger partial charge on any atom is -0.481 e. The maximum Gasteiger partial charge on any atom is 0.246 e. The molecule has 0 saturated heterocycles. The summed E-state index contributed by atoms with van der Waals surface area (Å²) in [5, 5.41) is 5.62. The number of benzene rings is 1. The molecule has 0 bridgehead atoms. The zero-order valence-electron chi connectivity index (χ0n) is 12.6. The van der Waals surface area contributed by atoms with E-state index in [4.69, 9.17) is 4.74 Å². The molecule has 1 aromatic heterocycles. The van der Waals surface area contributed by atoms with Crippen LogP contribution in [0, 0.1) is 12.7 Å². The molecule has 1 aromatic carbocycles. The molecule has 2 N–H and O–H groups in total. The van der Waals surface area contributed by atoms with Crippen LogP contribution in [0.4, 0.5) is 15.9 Å². The van der Waals surface area contributed by atoms with Crippen LogP contribution in [0.5, 0.6) is 5.88 Å². The van der Waals surface area contributed by atoms with Crippen molar-refractivity contribution in [1.29, 1.82) is 0 Å². The first-order chi connectivity index (χ1) is 10.5. The molecule has 0 aliphatic carbocycles. The number of nitrogens with one attached hydrogen (secondary N) is 2. The van der Waals surface area contributed by atoms with Crippen molar-refractivity contribution in [2.24, 2.45) is 0 Å². The van der Waals surface area contributed by atoms with Gasteiger partial charge in [0.1, 0.15) is 24.0 Å². The summed E-state index contributed by atoms with van der Waals surface area (Å²) >= 11 is 0.